The maximum atomic E-state index is 12.3. The summed E-state index contributed by atoms with van der Waals surface area (Å²) >= 11 is 5.82. The molecule has 1 heterocycles. The van der Waals surface area contributed by atoms with Crippen molar-refractivity contribution in [2.45, 2.75) is 38.7 Å². The van der Waals surface area contributed by atoms with Crippen molar-refractivity contribution in [1.29, 1.82) is 0 Å². The molecule has 0 aliphatic carbocycles. The molecule has 2 rings (SSSR count). The summed E-state index contributed by atoms with van der Waals surface area (Å²) in [5, 5.41) is 0.380. The Bertz CT molecular complexity index is 554. The minimum absolute atomic E-state index is 0.141. The first-order chi connectivity index (χ1) is 10.5. The van der Waals surface area contributed by atoms with Crippen LogP contribution in [0.15, 0.2) is 18.2 Å². The number of carbonyl (C=O) groups excluding carboxylic acids is 2. The number of hydrogen-bond acceptors (Lipinski definition) is 4. The summed E-state index contributed by atoms with van der Waals surface area (Å²) in [6, 6.07) is 4.52. The summed E-state index contributed by atoms with van der Waals surface area (Å²) in [4.78, 5) is 26.2. The number of amides is 1. The van der Waals surface area contributed by atoms with Crippen LogP contribution >= 0.6 is 11.6 Å². The lowest BCUT2D eigenvalue weighted by atomic mass is 10.2. The van der Waals surface area contributed by atoms with E-state index in [0.29, 0.717) is 10.7 Å². The molecule has 1 aromatic rings. The van der Waals surface area contributed by atoms with E-state index in [1.165, 1.54) is 18.2 Å². The van der Waals surface area contributed by atoms with Gasteiger partial charge in [-0.1, -0.05) is 24.4 Å². The van der Waals surface area contributed by atoms with Crippen molar-refractivity contribution in [2.75, 3.05) is 18.8 Å². The molecule has 0 spiro atoms. The van der Waals surface area contributed by atoms with Crippen molar-refractivity contribution >= 4 is 29.2 Å². The van der Waals surface area contributed by atoms with Crippen LogP contribution in [0.3, 0.4) is 0 Å². The van der Waals surface area contributed by atoms with Crippen molar-refractivity contribution in [3.8, 4) is 0 Å². The zero-order valence-corrected chi connectivity index (χ0v) is 13.4. The lowest BCUT2D eigenvalue weighted by Crippen LogP contribution is -2.40. The third-order valence-electron chi connectivity index (χ3n) is 3.78. The molecule has 6 heteroatoms. The number of esters is 1. The summed E-state index contributed by atoms with van der Waals surface area (Å²) in [6.07, 6.45) is 3.48. The van der Waals surface area contributed by atoms with Gasteiger partial charge in [0, 0.05) is 13.1 Å². The number of rotatable bonds is 3. The second kappa shape index (κ2) is 7.49. The van der Waals surface area contributed by atoms with Gasteiger partial charge in [0.1, 0.15) is 0 Å². The highest BCUT2D eigenvalue weighted by Gasteiger charge is 2.25. The van der Waals surface area contributed by atoms with Crippen molar-refractivity contribution in [3.63, 3.8) is 0 Å². The molecule has 1 fully saturated rings. The highest BCUT2D eigenvalue weighted by Crippen LogP contribution is 2.20. The molecule has 1 aromatic carbocycles. The Balaban J connectivity index is 1.97. The van der Waals surface area contributed by atoms with Gasteiger partial charge >= 0.3 is 5.97 Å². The van der Waals surface area contributed by atoms with E-state index in [-0.39, 0.29) is 11.5 Å². The average Bonchev–Trinajstić information content (AvgIpc) is 2.78. The van der Waals surface area contributed by atoms with Gasteiger partial charge in [-0.2, -0.15) is 0 Å². The maximum Gasteiger partial charge on any atom is 0.338 e. The van der Waals surface area contributed by atoms with Gasteiger partial charge in [-0.15, -0.1) is 0 Å². The van der Waals surface area contributed by atoms with E-state index in [2.05, 4.69) is 0 Å². The maximum absolute atomic E-state index is 12.3. The number of anilines is 1. The molecule has 1 unspecified atom stereocenters. The van der Waals surface area contributed by atoms with E-state index in [0.717, 1.165) is 38.8 Å². The summed E-state index contributed by atoms with van der Waals surface area (Å²) < 4.78 is 5.26. The minimum atomic E-state index is -0.803. The zero-order chi connectivity index (χ0) is 16.1. The molecule has 5 nitrogen and oxygen atoms in total. The molecule has 120 valence electrons. The van der Waals surface area contributed by atoms with Crippen LogP contribution in [0.4, 0.5) is 5.69 Å². The van der Waals surface area contributed by atoms with E-state index in [9.17, 15) is 9.59 Å². The monoisotopic (exact) mass is 324 g/mol. The fourth-order valence-corrected chi connectivity index (χ4v) is 2.62. The van der Waals surface area contributed by atoms with Gasteiger partial charge in [-0.25, -0.2) is 4.79 Å². The van der Waals surface area contributed by atoms with Gasteiger partial charge in [-0.3, -0.25) is 4.79 Å². The van der Waals surface area contributed by atoms with Crippen LogP contribution in [0.1, 0.15) is 43.0 Å². The van der Waals surface area contributed by atoms with Crippen molar-refractivity contribution in [3.05, 3.63) is 28.8 Å². The SMILES string of the molecule is CC(OC(=O)c1ccc(Cl)c(N)c1)C(=O)N1CCCCCC1. The van der Waals surface area contributed by atoms with E-state index in [1.807, 2.05) is 0 Å². The molecule has 0 bridgehead atoms. The smallest absolute Gasteiger partial charge is 0.338 e. The number of ether oxygens (including phenoxy) is 1. The first-order valence-corrected chi connectivity index (χ1v) is 7.91. The first kappa shape index (κ1) is 16.6. The van der Waals surface area contributed by atoms with Crippen LogP contribution in [0, 0.1) is 0 Å². The Labute approximate surface area is 135 Å². The van der Waals surface area contributed by atoms with Crippen LogP contribution in [0.5, 0.6) is 0 Å². The number of halogens is 1. The summed E-state index contributed by atoms with van der Waals surface area (Å²) in [7, 11) is 0. The molecule has 22 heavy (non-hydrogen) atoms. The third-order valence-corrected chi connectivity index (χ3v) is 4.13. The molecule has 2 N–H and O–H groups in total. The second-order valence-corrected chi connectivity index (χ2v) is 5.93. The predicted molar refractivity (Wildman–Crippen MR) is 85.8 cm³/mol. The molecule has 1 aliphatic heterocycles. The lowest BCUT2D eigenvalue weighted by molar-refractivity contribution is -0.139. The molecule has 1 atom stereocenters. The largest absolute Gasteiger partial charge is 0.449 e. The molecule has 0 radical (unpaired) electrons. The fourth-order valence-electron chi connectivity index (χ4n) is 2.50. The quantitative estimate of drug-likeness (QED) is 0.685. The average molecular weight is 325 g/mol. The minimum Gasteiger partial charge on any atom is -0.449 e. The van der Waals surface area contributed by atoms with Crippen LogP contribution in [-0.4, -0.2) is 36.0 Å². The molecule has 1 amide bonds. The topological polar surface area (TPSA) is 72.6 Å². The number of nitrogens with two attached hydrogens (primary N) is 1. The highest BCUT2D eigenvalue weighted by atomic mass is 35.5. The van der Waals surface area contributed by atoms with E-state index in [4.69, 9.17) is 22.1 Å². The van der Waals surface area contributed by atoms with Crippen LogP contribution in [-0.2, 0) is 9.53 Å². The standard InChI is InChI=1S/C16H21ClN2O3/c1-11(15(20)19-8-4-2-3-5-9-19)22-16(21)12-6-7-13(17)14(18)10-12/h6-7,10-11H,2-5,8-9,18H2,1H3. The van der Waals surface area contributed by atoms with E-state index >= 15 is 0 Å². The Morgan fingerprint density at radius 3 is 2.45 bits per heavy atom. The predicted octanol–water partition coefficient (Wildman–Crippen LogP) is 2.87. The molecule has 1 aliphatic rings. The van der Waals surface area contributed by atoms with Crippen LogP contribution < -0.4 is 5.73 Å². The van der Waals surface area contributed by atoms with E-state index < -0.39 is 12.1 Å². The Hall–Kier alpha value is -1.75. The van der Waals surface area contributed by atoms with E-state index in [1.54, 1.807) is 11.8 Å². The van der Waals surface area contributed by atoms with Crippen LogP contribution in [0.25, 0.3) is 0 Å². The first-order valence-electron chi connectivity index (χ1n) is 7.54. The van der Waals surface area contributed by atoms with Gasteiger partial charge in [0.25, 0.3) is 5.91 Å². The number of likely N-dealkylation sites (tertiary alicyclic amines) is 1. The fraction of sp³-hybridized carbons (Fsp3) is 0.500. The molecular weight excluding hydrogens is 304 g/mol. The molecule has 1 saturated heterocycles. The summed E-state index contributed by atoms with van der Waals surface area (Å²) in [6.45, 7) is 3.06. The van der Waals surface area contributed by atoms with Gasteiger partial charge in [0.05, 0.1) is 16.3 Å². The Morgan fingerprint density at radius 2 is 1.86 bits per heavy atom. The molecule has 0 aromatic heterocycles. The Kier molecular flexibility index (Phi) is 5.66. The number of nitrogens with zero attached hydrogens (tertiary/aromatic N) is 1. The highest BCUT2D eigenvalue weighted by molar-refractivity contribution is 6.33. The lowest BCUT2D eigenvalue weighted by Gasteiger charge is -2.24. The van der Waals surface area contributed by atoms with Crippen molar-refractivity contribution in [1.82, 2.24) is 4.90 Å². The normalized spacial score (nSPS) is 16.7. The van der Waals surface area contributed by atoms with Gasteiger partial charge in [0.15, 0.2) is 6.10 Å². The Morgan fingerprint density at radius 1 is 1.23 bits per heavy atom. The molecular formula is C16H21ClN2O3. The second-order valence-electron chi connectivity index (χ2n) is 5.52. The van der Waals surface area contributed by atoms with Crippen LogP contribution in [0.2, 0.25) is 5.02 Å². The number of nitrogen functional groups attached to an aromatic ring is 1. The number of hydrogen-bond donors (Lipinski definition) is 1. The van der Waals surface area contributed by atoms with Gasteiger partial charge in [-0.05, 0) is 38.0 Å². The summed E-state index contributed by atoms with van der Waals surface area (Å²) in [5.74, 6) is -0.712. The van der Waals surface area contributed by atoms with Gasteiger partial charge < -0.3 is 15.4 Å². The number of benzene rings is 1. The third kappa shape index (κ3) is 4.13. The van der Waals surface area contributed by atoms with Crippen molar-refractivity contribution in [2.24, 2.45) is 0 Å². The van der Waals surface area contributed by atoms with Crippen molar-refractivity contribution < 1.29 is 14.3 Å². The number of carbonyl (C=O) groups is 2. The summed E-state index contributed by atoms with van der Waals surface area (Å²) in [5.41, 5.74) is 6.27. The van der Waals surface area contributed by atoms with Gasteiger partial charge in [0.2, 0.25) is 0 Å². The molecule has 0 saturated carbocycles. The zero-order valence-electron chi connectivity index (χ0n) is 12.7.